The Morgan fingerprint density at radius 2 is 1.67 bits per heavy atom. The molecule has 1 aromatic heterocycles. The van der Waals surface area contributed by atoms with Crippen molar-refractivity contribution >= 4 is 27.9 Å². The molecule has 12 heteroatoms. The molecule has 196 valence electrons. The summed E-state index contributed by atoms with van der Waals surface area (Å²) in [6, 6.07) is 8.90. The van der Waals surface area contributed by atoms with Gasteiger partial charge in [0.25, 0.3) is 0 Å². The fourth-order valence-electron chi connectivity index (χ4n) is 2.71. The number of rotatable bonds is 11. The molecule has 0 aliphatic rings. The second-order valence-corrected chi connectivity index (χ2v) is 11.1. The van der Waals surface area contributed by atoms with Gasteiger partial charge in [0.2, 0.25) is 10.0 Å². The molecule has 2 rings (SSSR count). The highest BCUT2D eigenvalue weighted by Crippen LogP contribution is 2.14. The minimum atomic E-state index is -3.84. The summed E-state index contributed by atoms with van der Waals surface area (Å²) in [5.74, 6) is -0.715. The van der Waals surface area contributed by atoms with Crippen LogP contribution < -0.4 is 14.8 Å². The van der Waals surface area contributed by atoms with Crippen LogP contribution in [0.4, 0.5) is 4.79 Å². The molecule has 1 aromatic carbocycles. The van der Waals surface area contributed by atoms with E-state index >= 15 is 0 Å². The SMILES string of the molecule is CC(C)(COC(=O)COc1ccc(C(=O)CNC(=O)OC(C)(C)C)cc1)NS(=O)(=O)c1cccnc1. The maximum atomic E-state index is 12.4. The van der Waals surface area contributed by atoms with Crippen LogP contribution in [0.15, 0.2) is 53.7 Å². The number of esters is 1. The van der Waals surface area contributed by atoms with E-state index in [2.05, 4.69) is 15.0 Å². The quantitative estimate of drug-likeness (QED) is 0.336. The fraction of sp³-hybridized carbons (Fsp3) is 0.417. The number of benzene rings is 1. The summed E-state index contributed by atoms with van der Waals surface area (Å²) in [5, 5.41) is 2.39. The van der Waals surface area contributed by atoms with Crippen LogP contribution in [0.5, 0.6) is 5.75 Å². The van der Waals surface area contributed by atoms with Gasteiger partial charge < -0.3 is 19.5 Å². The highest BCUT2D eigenvalue weighted by Gasteiger charge is 2.28. The summed E-state index contributed by atoms with van der Waals surface area (Å²) in [6.07, 6.45) is 1.98. The first-order valence-electron chi connectivity index (χ1n) is 11.0. The van der Waals surface area contributed by atoms with E-state index in [1.807, 2.05) is 0 Å². The van der Waals surface area contributed by atoms with Crippen molar-refractivity contribution in [2.75, 3.05) is 19.8 Å². The lowest BCUT2D eigenvalue weighted by atomic mass is 10.1. The van der Waals surface area contributed by atoms with Crippen LogP contribution in [-0.4, -0.2) is 62.1 Å². The van der Waals surface area contributed by atoms with Crippen LogP contribution in [0.2, 0.25) is 0 Å². The molecule has 2 aromatic rings. The summed E-state index contributed by atoms with van der Waals surface area (Å²) in [5.41, 5.74) is -1.42. The molecule has 2 N–H and O–H groups in total. The first-order valence-corrected chi connectivity index (χ1v) is 12.5. The van der Waals surface area contributed by atoms with Gasteiger partial charge in [0.1, 0.15) is 22.9 Å². The van der Waals surface area contributed by atoms with E-state index in [0.29, 0.717) is 11.3 Å². The Bertz CT molecular complexity index is 1160. The molecule has 0 fully saturated rings. The smallest absolute Gasteiger partial charge is 0.408 e. The largest absolute Gasteiger partial charge is 0.482 e. The van der Waals surface area contributed by atoms with Crippen LogP contribution in [0.25, 0.3) is 0 Å². The zero-order valence-electron chi connectivity index (χ0n) is 20.9. The number of sulfonamides is 1. The van der Waals surface area contributed by atoms with Crippen molar-refractivity contribution in [2.45, 2.75) is 50.7 Å². The molecule has 0 radical (unpaired) electrons. The average molecular weight is 522 g/mol. The van der Waals surface area contributed by atoms with E-state index in [4.69, 9.17) is 14.2 Å². The van der Waals surface area contributed by atoms with Gasteiger partial charge in [-0.1, -0.05) is 0 Å². The zero-order valence-corrected chi connectivity index (χ0v) is 21.7. The highest BCUT2D eigenvalue weighted by atomic mass is 32.2. The number of hydrogen-bond donors (Lipinski definition) is 2. The van der Waals surface area contributed by atoms with Crippen LogP contribution in [0, 0.1) is 0 Å². The Morgan fingerprint density at radius 3 is 2.25 bits per heavy atom. The van der Waals surface area contributed by atoms with E-state index < -0.39 is 39.8 Å². The summed E-state index contributed by atoms with van der Waals surface area (Å²) in [4.78, 5) is 39.8. The summed E-state index contributed by atoms with van der Waals surface area (Å²) < 4.78 is 42.9. The number of Topliss-reactive ketones (excluding diaryl/α,β-unsaturated/α-hetero) is 1. The molecule has 0 aliphatic carbocycles. The Morgan fingerprint density at radius 1 is 1.00 bits per heavy atom. The molecule has 0 spiro atoms. The van der Waals surface area contributed by atoms with Gasteiger partial charge >= 0.3 is 12.1 Å². The number of ketones is 1. The van der Waals surface area contributed by atoms with Crippen molar-refractivity contribution in [3.63, 3.8) is 0 Å². The second-order valence-electron chi connectivity index (χ2n) is 9.43. The van der Waals surface area contributed by atoms with Gasteiger partial charge in [-0.15, -0.1) is 0 Å². The maximum absolute atomic E-state index is 12.4. The lowest BCUT2D eigenvalue weighted by Gasteiger charge is -2.25. The highest BCUT2D eigenvalue weighted by molar-refractivity contribution is 7.89. The number of nitrogens with one attached hydrogen (secondary N) is 2. The van der Waals surface area contributed by atoms with Crippen LogP contribution in [-0.2, 0) is 24.3 Å². The standard InChI is InChI=1S/C24H31N3O8S/c1-23(2,3)35-22(30)26-14-20(28)17-8-10-18(11-9-17)33-15-21(29)34-16-24(4,5)27-36(31,32)19-7-6-12-25-13-19/h6-13,27H,14-16H2,1-5H3,(H,26,30). The van der Waals surface area contributed by atoms with E-state index in [-0.39, 0.29) is 23.8 Å². The molecule has 0 aliphatic heterocycles. The molecule has 0 saturated carbocycles. The van der Waals surface area contributed by atoms with Crippen molar-refractivity contribution in [1.29, 1.82) is 0 Å². The summed E-state index contributed by atoms with van der Waals surface area (Å²) in [7, 11) is -3.84. The number of pyridine rings is 1. The molecule has 0 saturated heterocycles. The lowest BCUT2D eigenvalue weighted by molar-refractivity contribution is -0.147. The van der Waals surface area contributed by atoms with E-state index in [1.54, 1.807) is 34.6 Å². The number of carbonyl (C=O) groups excluding carboxylic acids is 3. The van der Waals surface area contributed by atoms with Gasteiger partial charge in [-0.25, -0.2) is 22.7 Å². The second kappa shape index (κ2) is 12.0. The fourth-order valence-corrected chi connectivity index (χ4v) is 4.07. The van der Waals surface area contributed by atoms with Gasteiger partial charge in [0.15, 0.2) is 12.4 Å². The first-order chi connectivity index (χ1) is 16.7. The van der Waals surface area contributed by atoms with Gasteiger partial charge in [-0.2, -0.15) is 0 Å². The molecule has 1 heterocycles. The molecule has 0 bridgehead atoms. The molecule has 36 heavy (non-hydrogen) atoms. The van der Waals surface area contributed by atoms with Crippen LogP contribution >= 0.6 is 0 Å². The molecule has 0 unspecified atom stereocenters. The van der Waals surface area contributed by atoms with Crippen molar-refractivity contribution < 1.29 is 37.0 Å². The summed E-state index contributed by atoms with van der Waals surface area (Å²) >= 11 is 0. The first kappa shape index (κ1) is 28.7. The zero-order chi connectivity index (χ0) is 27.0. The van der Waals surface area contributed by atoms with Gasteiger partial charge in [-0.3, -0.25) is 9.78 Å². The number of ether oxygens (including phenoxy) is 3. The Kier molecular flexibility index (Phi) is 9.54. The number of alkyl carbamates (subject to hydrolysis) is 1. The topological polar surface area (TPSA) is 150 Å². The van der Waals surface area contributed by atoms with Gasteiger partial charge in [0, 0.05) is 18.0 Å². The Balaban J connectivity index is 1.78. The third kappa shape index (κ3) is 10.0. The minimum Gasteiger partial charge on any atom is -0.482 e. The van der Waals surface area contributed by atoms with Crippen LogP contribution in [0.3, 0.4) is 0 Å². The Labute approximate surface area is 210 Å². The number of hydrogen-bond acceptors (Lipinski definition) is 9. The van der Waals surface area contributed by atoms with Gasteiger partial charge in [-0.05, 0) is 71.0 Å². The maximum Gasteiger partial charge on any atom is 0.408 e. The number of aromatic nitrogens is 1. The van der Waals surface area contributed by atoms with E-state index in [9.17, 15) is 22.8 Å². The number of carbonyl (C=O) groups is 3. The monoisotopic (exact) mass is 521 g/mol. The predicted molar refractivity (Wildman–Crippen MR) is 130 cm³/mol. The van der Waals surface area contributed by atoms with Crippen molar-refractivity contribution in [3.05, 3.63) is 54.4 Å². The average Bonchev–Trinajstić information content (AvgIpc) is 2.79. The number of amides is 1. The van der Waals surface area contributed by atoms with Gasteiger partial charge in [0.05, 0.1) is 12.1 Å². The lowest BCUT2D eigenvalue weighted by Crippen LogP contribution is -2.47. The normalized spacial score (nSPS) is 11.9. The number of nitrogens with zero attached hydrogens (tertiary/aromatic N) is 1. The van der Waals surface area contributed by atoms with Crippen molar-refractivity contribution in [3.8, 4) is 5.75 Å². The molecule has 11 nitrogen and oxygen atoms in total. The predicted octanol–water partition coefficient (Wildman–Crippen LogP) is 2.47. The molecule has 0 atom stereocenters. The summed E-state index contributed by atoms with van der Waals surface area (Å²) in [6.45, 7) is 7.41. The molecular weight excluding hydrogens is 490 g/mol. The third-order valence-corrected chi connectivity index (χ3v) is 5.96. The van der Waals surface area contributed by atoms with Crippen molar-refractivity contribution in [2.24, 2.45) is 0 Å². The Hall–Kier alpha value is -3.51. The third-order valence-electron chi connectivity index (χ3n) is 4.27. The minimum absolute atomic E-state index is 0.00437. The molecular formula is C24H31N3O8S. The van der Waals surface area contributed by atoms with E-state index in [1.165, 1.54) is 48.8 Å². The van der Waals surface area contributed by atoms with Crippen molar-refractivity contribution in [1.82, 2.24) is 15.0 Å². The van der Waals surface area contributed by atoms with E-state index in [0.717, 1.165) is 0 Å². The molecule has 1 amide bonds. The van der Waals surface area contributed by atoms with Crippen LogP contribution in [0.1, 0.15) is 45.0 Å².